The summed E-state index contributed by atoms with van der Waals surface area (Å²) in [4.78, 5) is 31.3. The van der Waals surface area contributed by atoms with E-state index in [0.29, 0.717) is 34.9 Å². The lowest BCUT2D eigenvalue weighted by molar-refractivity contribution is 0.672. The SMILES string of the molecule is c1ccc(-c2nc(-c3ccc4c(c3)C3c5ccccc5C4c4cc(-c5nc(-c6ccccc6)nc(-c6ccc7oc8c9ccccc9ccc8c7c6)n5)ccc43)nc(-c3ccc4oc5c6ccccc6ccc5c4c3)n2)cc1. The van der Waals surface area contributed by atoms with Gasteiger partial charge in [-0.05, 0) is 105 Å². The minimum absolute atomic E-state index is 0.0182. The third kappa shape index (κ3) is 6.53. The van der Waals surface area contributed by atoms with Crippen molar-refractivity contribution in [3.8, 4) is 68.3 Å². The van der Waals surface area contributed by atoms with Crippen molar-refractivity contribution in [2.75, 3.05) is 0 Å². The van der Waals surface area contributed by atoms with E-state index in [1.165, 1.54) is 33.4 Å². The summed E-state index contributed by atoms with van der Waals surface area (Å²) >= 11 is 0. The third-order valence-electron chi connectivity index (χ3n) is 16.1. The molecule has 0 fully saturated rings. The molecule has 15 aromatic rings. The number of nitrogens with zero attached hydrogens (tertiary/aromatic N) is 6. The van der Waals surface area contributed by atoms with Gasteiger partial charge in [0.2, 0.25) is 0 Å². The van der Waals surface area contributed by atoms with Gasteiger partial charge in [-0.2, -0.15) is 0 Å². The topological polar surface area (TPSA) is 104 Å². The maximum atomic E-state index is 6.51. The summed E-state index contributed by atoms with van der Waals surface area (Å²) in [5, 5.41) is 8.61. The van der Waals surface area contributed by atoms with Crippen LogP contribution in [0.5, 0.6) is 0 Å². The summed E-state index contributed by atoms with van der Waals surface area (Å²) in [6, 6.07) is 80.6. The number of rotatable bonds is 6. The molecule has 3 aliphatic carbocycles. The summed E-state index contributed by atoms with van der Waals surface area (Å²) in [5.41, 5.74) is 16.5. The molecular weight excluding hydrogens is 957 g/mol. The molecule has 8 nitrogen and oxygen atoms in total. The van der Waals surface area contributed by atoms with Crippen LogP contribution in [0, 0.1) is 0 Å². The van der Waals surface area contributed by atoms with E-state index in [2.05, 4.69) is 182 Å². The second-order valence-electron chi connectivity index (χ2n) is 20.5. The normalized spacial score (nSPS) is 14.4. The van der Waals surface area contributed by atoms with Gasteiger partial charge in [0.05, 0.1) is 0 Å². The molecule has 0 N–H and O–H groups in total. The van der Waals surface area contributed by atoms with Crippen LogP contribution < -0.4 is 0 Å². The minimum atomic E-state index is -0.0182. The van der Waals surface area contributed by atoms with Crippen molar-refractivity contribution >= 4 is 65.4 Å². The first kappa shape index (κ1) is 42.9. The molecule has 2 unspecified atom stereocenters. The molecule has 4 heterocycles. The maximum absolute atomic E-state index is 6.51. The Morgan fingerprint density at radius 1 is 0.231 bits per heavy atom. The molecule has 2 atom stereocenters. The largest absolute Gasteiger partial charge is 0.455 e. The quantitative estimate of drug-likeness (QED) is 0.162. The highest BCUT2D eigenvalue weighted by molar-refractivity contribution is 6.16. The smallest absolute Gasteiger partial charge is 0.164 e. The average Bonchev–Trinajstić information content (AvgIpc) is 4.23. The first-order valence-electron chi connectivity index (χ1n) is 26.3. The predicted octanol–water partition coefficient (Wildman–Crippen LogP) is 17.2. The standard InChI is InChI=1S/C70H40N6O2/c1-3-15-41(16-4-1)65-71-67(75-69(73-65)45-27-33-59-55(35-45)53-31-23-39-13-7-9-19-47(39)63(53)77-59)43-25-29-51-57(37-43)61-49-21-11-12-22-50(49)62(51)58-38-44(26-30-52(58)61)68-72-66(42-17-5-2-6-18-42)74-70(76-68)46-28-34-60-56(36-46)54-32-24-40-14-8-10-20-48(40)64(54)78-60/h1-38,61-62H. The van der Waals surface area contributed by atoms with Crippen molar-refractivity contribution in [1.82, 2.24) is 29.9 Å². The van der Waals surface area contributed by atoms with E-state index >= 15 is 0 Å². The fourth-order valence-corrected chi connectivity index (χ4v) is 12.5. The van der Waals surface area contributed by atoms with Crippen molar-refractivity contribution in [3.05, 3.63) is 264 Å². The molecule has 0 saturated heterocycles. The maximum Gasteiger partial charge on any atom is 0.164 e. The molecular formula is C70H40N6O2. The number of fused-ring (bicyclic) bond motifs is 10. The minimum Gasteiger partial charge on any atom is -0.455 e. The summed E-state index contributed by atoms with van der Waals surface area (Å²) in [6.45, 7) is 0. The summed E-state index contributed by atoms with van der Waals surface area (Å²) in [6.07, 6.45) is 0. The number of hydrogen-bond acceptors (Lipinski definition) is 8. The molecule has 0 aliphatic heterocycles. The van der Waals surface area contributed by atoms with E-state index in [1.54, 1.807) is 0 Å². The molecule has 11 aromatic carbocycles. The van der Waals surface area contributed by atoms with Crippen molar-refractivity contribution in [2.45, 2.75) is 11.8 Å². The van der Waals surface area contributed by atoms with Gasteiger partial charge in [-0.3, -0.25) is 0 Å². The van der Waals surface area contributed by atoms with Gasteiger partial charge in [-0.1, -0.05) is 170 Å². The van der Waals surface area contributed by atoms with E-state index in [4.69, 9.17) is 38.7 Å². The van der Waals surface area contributed by atoms with Gasteiger partial charge in [0.25, 0.3) is 0 Å². The summed E-state index contributed by atoms with van der Waals surface area (Å²) < 4.78 is 13.0. The number of hydrogen-bond donors (Lipinski definition) is 0. The molecule has 0 radical (unpaired) electrons. The van der Waals surface area contributed by atoms with Gasteiger partial charge < -0.3 is 8.83 Å². The lowest BCUT2D eigenvalue weighted by Gasteiger charge is -2.42. The molecule has 2 bridgehead atoms. The van der Waals surface area contributed by atoms with Crippen LogP contribution in [-0.4, -0.2) is 29.9 Å². The van der Waals surface area contributed by atoms with E-state index in [1.807, 2.05) is 48.5 Å². The Morgan fingerprint density at radius 2 is 0.577 bits per heavy atom. The zero-order chi connectivity index (χ0) is 51.0. The van der Waals surface area contributed by atoms with E-state index in [-0.39, 0.29) is 11.8 Å². The van der Waals surface area contributed by atoms with Crippen LogP contribution in [0.25, 0.3) is 134 Å². The van der Waals surface area contributed by atoms with Crippen molar-refractivity contribution in [1.29, 1.82) is 0 Å². The molecule has 362 valence electrons. The van der Waals surface area contributed by atoms with E-state index in [0.717, 1.165) is 98.8 Å². The fourth-order valence-electron chi connectivity index (χ4n) is 12.5. The Kier molecular flexibility index (Phi) is 9.08. The summed E-state index contributed by atoms with van der Waals surface area (Å²) in [7, 11) is 0. The number of aromatic nitrogens is 6. The molecule has 0 saturated carbocycles. The Balaban J connectivity index is 0.783. The Hall–Kier alpha value is -10.4. The van der Waals surface area contributed by atoms with Gasteiger partial charge in [0.1, 0.15) is 22.3 Å². The highest BCUT2D eigenvalue weighted by atomic mass is 16.3. The van der Waals surface area contributed by atoms with Crippen molar-refractivity contribution in [3.63, 3.8) is 0 Å². The van der Waals surface area contributed by atoms with Crippen LogP contribution in [0.4, 0.5) is 0 Å². The Labute approximate surface area is 446 Å². The molecule has 3 aliphatic rings. The molecule has 0 amide bonds. The van der Waals surface area contributed by atoms with Gasteiger partial charge in [-0.25, -0.2) is 29.9 Å². The molecule has 4 aromatic heterocycles. The first-order valence-corrected chi connectivity index (χ1v) is 26.3. The van der Waals surface area contributed by atoms with Crippen molar-refractivity contribution in [2.24, 2.45) is 0 Å². The lowest BCUT2D eigenvalue weighted by Crippen LogP contribution is -2.27. The van der Waals surface area contributed by atoms with Gasteiger partial charge >= 0.3 is 0 Å². The zero-order valence-electron chi connectivity index (χ0n) is 41.6. The number of furan rings is 2. The fraction of sp³-hybridized carbons (Fsp3) is 0.0286. The second kappa shape index (κ2) is 16.5. The van der Waals surface area contributed by atoms with Crippen LogP contribution in [0.15, 0.2) is 239 Å². The van der Waals surface area contributed by atoms with Crippen molar-refractivity contribution < 1.29 is 8.83 Å². The monoisotopic (exact) mass is 996 g/mol. The van der Waals surface area contributed by atoms with Crippen LogP contribution >= 0.6 is 0 Å². The summed E-state index contributed by atoms with van der Waals surface area (Å²) in [5.74, 6) is 3.61. The zero-order valence-corrected chi connectivity index (χ0v) is 41.6. The average molecular weight is 997 g/mol. The van der Waals surface area contributed by atoms with Crippen LogP contribution in [0.3, 0.4) is 0 Å². The number of benzene rings is 11. The predicted molar refractivity (Wildman–Crippen MR) is 310 cm³/mol. The molecule has 8 heteroatoms. The van der Waals surface area contributed by atoms with Crippen LogP contribution in [0.1, 0.15) is 45.2 Å². The molecule has 78 heavy (non-hydrogen) atoms. The Morgan fingerprint density at radius 3 is 1.01 bits per heavy atom. The van der Waals surface area contributed by atoms with Gasteiger partial charge in [0, 0.05) is 77.5 Å². The van der Waals surface area contributed by atoms with E-state index in [9.17, 15) is 0 Å². The van der Waals surface area contributed by atoms with Gasteiger partial charge in [-0.15, -0.1) is 0 Å². The second-order valence-corrected chi connectivity index (χ2v) is 20.5. The third-order valence-corrected chi connectivity index (χ3v) is 16.1. The Bertz CT molecular complexity index is 4690. The lowest BCUT2D eigenvalue weighted by atomic mass is 9.61. The van der Waals surface area contributed by atoms with Gasteiger partial charge in [0.15, 0.2) is 34.9 Å². The molecule has 0 spiro atoms. The highest BCUT2D eigenvalue weighted by Crippen LogP contribution is 2.57. The highest BCUT2D eigenvalue weighted by Gasteiger charge is 2.41. The molecule has 18 rings (SSSR count). The van der Waals surface area contributed by atoms with Crippen LogP contribution in [-0.2, 0) is 0 Å². The van der Waals surface area contributed by atoms with Crippen LogP contribution in [0.2, 0.25) is 0 Å². The first-order chi connectivity index (χ1) is 38.6. The van der Waals surface area contributed by atoms with E-state index < -0.39 is 0 Å².